The highest BCUT2D eigenvalue weighted by molar-refractivity contribution is 5.98. The lowest BCUT2D eigenvalue weighted by Gasteiger charge is -2.15. The monoisotopic (exact) mass is 431 g/mol. The summed E-state index contributed by atoms with van der Waals surface area (Å²) in [6.45, 7) is 1.25. The molecular weight excluding hydrogens is 406 g/mol. The molecule has 3 aromatic rings. The summed E-state index contributed by atoms with van der Waals surface area (Å²) in [5.41, 5.74) is 1.36. The van der Waals surface area contributed by atoms with Gasteiger partial charge in [0.1, 0.15) is 12.4 Å². The second-order valence-electron chi connectivity index (χ2n) is 7.71. The Labute approximate surface area is 186 Å². The van der Waals surface area contributed by atoms with Crippen molar-refractivity contribution in [2.24, 2.45) is 0 Å². The predicted molar refractivity (Wildman–Crippen MR) is 123 cm³/mol. The molecule has 32 heavy (non-hydrogen) atoms. The number of hydrogen-bond donors (Lipinski definition) is 2. The molecule has 2 N–H and O–H groups in total. The maximum atomic E-state index is 13.0. The summed E-state index contributed by atoms with van der Waals surface area (Å²) in [5.74, 6) is -0.528. The van der Waals surface area contributed by atoms with Gasteiger partial charge in [-0.25, -0.2) is 4.79 Å². The largest absolute Gasteiger partial charge is 0.488 e. The van der Waals surface area contributed by atoms with E-state index in [0.29, 0.717) is 17.9 Å². The molecule has 1 heterocycles. The zero-order chi connectivity index (χ0) is 22.3. The highest BCUT2D eigenvalue weighted by Gasteiger charge is 2.18. The van der Waals surface area contributed by atoms with E-state index in [1.54, 1.807) is 18.2 Å². The molecule has 0 aliphatic carbocycles. The Kier molecular flexibility index (Phi) is 6.82. The van der Waals surface area contributed by atoms with Gasteiger partial charge < -0.3 is 19.9 Å². The van der Waals surface area contributed by atoms with Crippen LogP contribution in [-0.2, 0) is 9.53 Å². The van der Waals surface area contributed by atoms with E-state index in [1.165, 1.54) is 12.1 Å². The van der Waals surface area contributed by atoms with Crippen LogP contribution in [0.25, 0.3) is 16.8 Å². The number of benzene rings is 3. The average Bonchev–Trinajstić information content (AvgIpc) is 3.34. The third-order valence-corrected chi connectivity index (χ3v) is 5.44. The minimum atomic E-state index is -0.991. The minimum Gasteiger partial charge on any atom is -0.488 e. The smallest absolute Gasteiger partial charge is 0.335 e. The lowest BCUT2D eigenvalue weighted by molar-refractivity contribution is -0.118. The average molecular weight is 431 g/mol. The van der Waals surface area contributed by atoms with Crippen LogP contribution in [0.3, 0.4) is 0 Å². The van der Waals surface area contributed by atoms with E-state index >= 15 is 0 Å². The van der Waals surface area contributed by atoms with E-state index in [2.05, 4.69) is 5.32 Å². The first-order valence-corrected chi connectivity index (χ1v) is 10.6. The molecule has 0 saturated carbocycles. The highest BCUT2D eigenvalue weighted by Crippen LogP contribution is 2.25. The van der Waals surface area contributed by atoms with Crippen molar-refractivity contribution >= 4 is 28.7 Å². The van der Waals surface area contributed by atoms with Crippen molar-refractivity contribution in [3.63, 3.8) is 0 Å². The molecule has 4 rings (SSSR count). The first-order chi connectivity index (χ1) is 15.6. The molecule has 1 saturated heterocycles. The summed E-state index contributed by atoms with van der Waals surface area (Å²) in [4.78, 5) is 24.1. The molecule has 164 valence electrons. The van der Waals surface area contributed by atoms with Crippen molar-refractivity contribution < 1.29 is 24.2 Å². The summed E-state index contributed by atoms with van der Waals surface area (Å²) in [6, 6.07) is 20.1. The molecule has 6 heteroatoms. The van der Waals surface area contributed by atoms with Crippen molar-refractivity contribution in [1.82, 2.24) is 5.32 Å². The van der Waals surface area contributed by atoms with E-state index in [1.807, 2.05) is 42.5 Å². The molecule has 1 aliphatic heterocycles. The first-order valence-electron chi connectivity index (χ1n) is 10.6. The third kappa shape index (κ3) is 5.34. The van der Waals surface area contributed by atoms with E-state index in [4.69, 9.17) is 14.6 Å². The molecule has 1 unspecified atom stereocenters. The Balaban J connectivity index is 1.54. The van der Waals surface area contributed by atoms with Crippen LogP contribution in [0, 0.1) is 0 Å². The van der Waals surface area contributed by atoms with Crippen LogP contribution < -0.4 is 10.1 Å². The van der Waals surface area contributed by atoms with Crippen molar-refractivity contribution in [2.45, 2.75) is 18.9 Å². The summed E-state index contributed by atoms with van der Waals surface area (Å²) in [7, 11) is 0. The Hall–Kier alpha value is -3.64. The van der Waals surface area contributed by atoms with Gasteiger partial charge >= 0.3 is 5.97 Å². The maximum absolute atomic E-state index is 13.0. The normalized spacial score (nSPS) is 16.1. The van der Waals surface area contributed by atoms with E-state index in [9.17, 15) is 9.59 Å². The molecule has 1 fully saturated rings. The van der Waals surface area contributed by atoms with Gasteiger partial charge in [-0.2, -0.15) is 0 Å². The van der Waals surface area contributed by atoms with Crippen molar-refractivity contribution in [3.05, 3.63) is 83.4 Å². The SMILES string of the molecule is O=C(NCC1CCCO1)/C(=C/c1ccc(C(=O)O)cc1)COc1cccc2ccccc12. The number of carbonyl (C=O) groups is 2. The molecule has 1 atom stereocenters. The van der Waals surface area contributed by atoms with E-state index in [0.717, 1.165) is 35.8 Å². The highest BCUT2D eigenvalue weighted by atomic mass is 16.5. The first kappa shape index (κ1) is 21.6. The minimum absolute atomic E-state index is 0.0361. The Bertz CT molecular complexity index is 1130. The zero-order valence-corrected chi connectivity index (χ0v) is 17.6. The molecule has 0 aromatic heterocycles. The molecule has 0 bridgehead atoms. The predicted octanol–water partition coefficient (Wildman–Crippen LogP) is 4.30. The fourth-order valence-corrected chi connectivity index (χ4v) is 3.70. The summed E-state index contributed by atoms with van der Waals surface area (Å²) in [5, 5.41) is 14.1. The number of amides is 1. The zero-order valence-electron chi connectivity index (χ0n) is 17.6. The van der Waals surface area contributed by atoms with Crippen molar-refractivity contribution in [1.29, 1.82) is 0 Å². The lowest BCUT2D eigenvalue weighted by atomic mass is 10.1. The number of carboxylic acid groups (broad SMARTS) is 1. The Morgan fingerprint density at radius 2 is 1.84 bits per heavy atom. The van der Waals surface area contributed by atoms with Crippen LogP contribution in [0.1, 0.15) is 28.8 Å². The number of rotatable bonds is 8. The fraction of sp³-hybridized carbons (Fsp3) is 0.231. The Morgan fingerprint density at radius 3 is 2.59 bits per heavy atom. The molecule has 6 nitrogen and oxygen atoms in total. The summed E-state index contributed by atoms with van der Waals surface area (Å²) >= 11 is 0. The van der Waals surface area contributed by atoms with Gasteiger partial charge in [0.2, 0.25) is 0 Å². The van der Waals surface area contributed by atoms with Gasteiger partial charge in [0.15, 0.2) is 0 Å². The van der Waals surface area contributed by atoms with Gasteiger partial charge in [-0.3, -0.25) is 4.79 Å². The molecule has 1 amide bonds. The number of nitrogens with one attached hydrogen (secondary N) is 1. The van der Waals surface area contributed by atoms with Crippen LogP contribution >= 0.6 is 0 Å². The quantitative estimate of drug-likeness (QED) is 0.520. The topological polar surface area (TPSA) is 84.9 Å². The van der Waals surface area contributed by atoms with Crippen LogP contribution in [0.15, 0.2) is 72.3 Å². The number of fused-ring (bicyclic) bond motifs is 1. The number of carboxylic acids is 1. The third-order valence-electron chi connectivity index (χ3n) is 5.44. The summed E-state index contributed by atoms with van der Waals surface area (Å²) < 4.78 is 11.6. The van der Waals surface area contributed by atoms with Crippen molar-refractivity contribution in [3.8, 4) is 5.75 Å². The maximum Gasteiger partial charge on any atom is 0.335 e. The second kappa shape index (κ2) is 10.1. The van der Waals surface area contributed by atoms with Crippen molar-refractivity contribution in [2.75, 3.05) is 19.8 Å². The van der Waals surface area contributed by atoms with E-state index < -0.39 is 5.97 Å². The second-order valence-corrected chi connectivity index (χ2v) is 7.71. The molecule has 3 aromatic carbocycles. The van der Waals surface area contributed by atoms with Crippen LogP contribution in [0.2, 0.25) is 0 Å². The number of ether oxygens (including phenoxy) is 2. The summed E-state index contributed by atoms with van der Waals surface area (Å²) in [6.07, 6.45) is 3.70. The standard InChI is InChI=1S/C26H25NO5/c28-25(27-16-22-7-4-14-31-22)21(15-18-10-12-20(13-11-18)26(29)30)17-32-24-9-3-6-19-5-1-2-8-23(19)24/h1-3,5-6,8-13,15,22H,4,7,14,16-17H2,(H,27,28)(H,29,30)/b21-15+. The van der Waals surface area contributed by atoms with Crippen LogP contribution in [0.4, 0.5) is 0 Å². The molecule has 0 spiro atoms. The fourth-order valence-electron chi connectivity index (χ4n) is 3.70. The van der Waals surface area contributed by atoms with Gasteiger partial charge in [0.25, 0.3) is 5.91 Å². The molecular formula is C26H25NO5. The van der Waals surface area contributed by atoms with Gasteiger partial charge in [0.05, 0.1) is 17.2 Å². The molecule has 0 radical (unpaired) electrons. The molecule has 1 aliphatic rings. The van der Waals surface area contributed by atoms with Crippen LogP contribution in [-0.4, -0.2) is 42.8 Å². The number of carbonyl (C=O) groups excluding carboxylic acids is 1. The van der Waals surface area contributed by atoms with Gasteiger partial charge in [-0.1, -0.05) is 48.5 Å². The van der Waals surface area contributed by atoms with Gasteiger partial charge in [-0.05, 0) is 48.1 Å². The van der Waals surface area contributed by atoms with Gasteiger partial charge in [0, 0.05) is 18.5 Å². The Morgan fingerprint density at radius 1 is 1.06 bits per heavy atom. The number of hydrogen-bond acceptors (Lipinski definition) is 4. The van der Waals surface area contributed by atoms with Gasteiger partial charge in [-0.15, -0.1) is 0 Å². The van der Waals surface area contributed by atoms with E-state index in [-0.39, 0.29) is 24.2 Å². The number of aromatic carboxylic acids is 1. The lowest BCUT2D eigenvalue weighted by Crippen LogP contribution is -2.34. The van der Waals surface area contributed by atoms with Crippen LogP contribution in [0.5, 0.6) is 5.75 Å².